The number of hydrogen-bond donors (Lipinski definition) is 5. The topological polar surface area (TPSA) is 181 Å². The smallest absolute Gasteiger partial charge is 0.426 e. The average molecular weight is 559 g/mol. The van der Waals surface area contributed by atoms with Crippen LogP contribution in [0.15, 0.2) is 60.7 Å². The van der Waals surface area contributed by atoms with Gasteiger partial charge in [-0.05, 0) is 31.9 Å². The molecule has 13 nitrogen and oxygen atoms in total. The van der Waals surface area contributed by atoms with Crippen molar-refractivity contribution < 1.29 is 43.3 Å². The van der Waals surface area contributed by atoms with E-state index in [1.807, 2.05) is 10.9 Å². The number of aliphatic hydroxyl groups excluding tert-OH is 1. The molecule has 0 bridgehead atoms. The van der Waals surface area contributed by atoms with Gasteiger partial charge in [0.2, 0.25) is 5.91 Å². The van der Waals surface area contributed by atoms with Crippen LogP contribution >= 0.6 is 0 Å². The number of esters is 1. The molecule has 13 heteroatoms. The number of aliphatic hydroxyl groups is 1. The highest BCUT2D eigenvalue weighted by atomic mass is 16.6. The largest absolute Gasteiger partial charge is 0.461 e. The SMILES string of the molecule is CC(C)(C)OC(=O)NNC(=O)[C@H](CO)NC(=O)[C@H](CC(=O)OCc1ccccc1)NC(=O)OCc1ccccc1. The Labute approximate surface area is 231 Å². The van der Waals surface area contributed by atoms with Crippen molar-refractivity contribution in [3.8, 4) is 0 Å². The van der Waals surface area contributed by atoms with Crippen LogP contribution in [0.25, 0.3) is 0 Å². The lowest BCUT2D eigenvalue weighted by molar-refractivity contribution is -0.147. The van der Waals surface area contributed by atoms with Crippen LogP contribution < -0.4 is 21.5 Å². The number of hydrazine groups is 1. The van der Waals surface area contributed by atoms with Gasteiger partial charge in [-0.2, -0.15) is 0 Å². The van der Waals surface area contributed by atoms with Crippen molar-refractivity contribution in [2.45, 2.75) is 58.1 Å². The van der Waals surface area contributed by atoms with Crippen LogP contribution in [0.2, 0.25) is 0 Å². The minimum Gasteiger partial charge on any atom is -0.461 e. The van der Waals surface area contributed by atoms with Crippen LogP contribution in [-0.2, 0) is 41.8 Å². The van der Waals surface area contributed by atoms with Crippen molar-refractivity contribution in [1.29, 1.82) is 0 Å². The molecule has 0 saturated heterocycles. The number of alkyl carbamates (subject to hydrolysis) is 1. The van der Waals surface area contributed by atoms with Crippen molar-refractivity contribution in [1.82, 2.24) is 21.5 Å². The number of benzene rings is 2. The Balaban J connectivity index is 2.01. The second kappa shape index (κ2) is 15.7. The molecule has 0 aliphatic carbocycles. The number of nitrogens with one attached hydrogen (secondary N) is 4. The highest BCUT2D eigenvalue weighted by molar-refractivity contribution is 5.93. The number of hydrogen-bond acceptors (Lipinski definition) is 9. The van der Waals surface area contributed by atoms with E-state index < -0.39 is 60.7 Å². The van der Waals surface area contributed by atoms with Gasteiger partial charge < -0.3 is 30.0 Å². The summed E-state index contributed by atoms with van der Waals surface area (Å²) in [6.45, 7) is 3.83. The molecule has 0 aromatic heterocycles. The minimum atomic E-state index is -1.55. The van der Waals surface area contributed by atoms with E-state index in [1.165, 1.54) is 0 Å². The zero-order valence-corrected chi connectivity index (χ0v) is 22.5. The molecule has 0 saturated carbocycles. The van der Waals surface area contributed by atoms with Gasteiger partial charge in [0.25, 0.3) is 5.91 Å². The lowest BCUT2D eigenvalue weighted by Crippen LogP contribution is -2.58. The summed E-state index contributed by atoms with van der Waals surface area (Å²) in [6.07, 6.45) is -2.57. The summed E-state index contributed by atoms with van der Waals surface area (Å²) in [7, 11) is 0. The monoisotopic (exact) mass is 558 g/mol. The molecule has 0 unspecified atom stereocenters. The molecule has 0 aliphatic rings. The van der Waals surface area contributed by atoms with Gasteiger partial charge in [0, 0.05) is 0 Å². The van der Waals surface area contributed by atoms with Crippen LogP contribution in [-0.4, -0.2) is 59.4 Å². The summed E-state index contributed by atoms with van der Waals surface area (Å²) >= 11 is 0. The Bertz CT molecular complexity index is 1080. The Morgan fingerprint density at radius 2 is 1.27 bits per heavy atom. The lowest BCUT2D eigenvalue weighted by Gasteiger charge is -2.22. The Kier molecular flexibility index (Phi) is 12.4. The van der Waals surface area contributed by atoms with Crippen molar-refractivity contribution in [3.05, 3.63) is 71.8 Å². The highest BCUT2D eigenvalue weighted by Gasteiger charge is 2.30. The highest BCUT2D eigenvalue weighted by Crippen LogP contribution is 2.07. The molecule has 2 rings (SSSR count). The van der Waals surface area contributed by atoms with Crippen molar-refractivity contribution in [2.75, 3.05) is 6.61 Å². The van der Waals surface area contributed by atoms with Crippen LogP contribution in [0.5, 0.6) is 0 Å². The number of amides is 4. The predicted molar refractivity (Wildman–Crippen MR) is 141 cm³/mol. The number of ether oxygens (including phenoxy) is 3. The second-order valence-corrected chi connectivity index (χ2v) is 9.47. The van der Waals surface area contributed by atoms with Crippen LogP contribution in [0.4, 0.5) is 9.59 Å². The van der Waals surface area contributed by atoms with Gasteiger partial charge >= 0.3 is 18.2 Å². The molecule has 0 radical (unpaired) electrons. The Hall–Kier alpha value is -4.65. The quantitative estimate of drug-likeness (QED) is 0.155. The maximum atomic E-state index is 13.0. The summed E-state index contributed by atoms with van der Waals surface area (Å²) in [5.41, 5.74) is 4.58. The standard InChI is InChI=1S/C27H34N4O9/c1-27(2,3)40-26(37)31-30-24(35)21(15-32)28-23(34)20(14-22(33)38-16-18-10-6-4-7-11-18)29-25(36)39-17-19-12-8-5-9-13-19/h4-13,20-21,32H,14-17H2,1-3H3,(H,28,34)(H,29,36)(H,30,35)(H,31,37)/t20-,21-/m0/s1. The molecular formula is C27H34N4O9. The normalized spacial score (nSPS) is 12.2. The molecule has 0 aliphatic heterocycles. The van der Waals surface area contributed by atoms with E-state index in [2.05, 4.69) is 10.6 Å². The molecule has 5 N–H and O–H groups in total. The van der Waals surface area contributed by atoms with Gasteiger partial charge in [0.1, 0.15) is 30.9 Å². The van der Waals surface area contributed by atoms with E-state index in [-0.39, 0.29) is 13.2 Å². The summed E-state index contributed by atoms with van der Waals surface area (Å²) in [6, 6.07) is 14.5. The van der Waals surface area contributed by atoms with Crippen LogP contribution in [0, 0.1) is 0 Å². The number of carbonyl (C=O) groups is 5. The Morgan fingerprint density at radius 3 is 1.80 bits per heavy atom. The van der Waals surface area contributed by atoms with Crippen molar-refractivity contribution in [2.24, 2.45) is 0 Å². The molecule has 40 heavy (non-hydrogen) atoms. The number of rotatable bonds is 11. The first-order chi connectivity index (χ1) is 19.0. The zero-order valence-electron chi connectivity index (χ0n) is 22.5. The first-order valence-electron chi connectivity index (χ1n) is 12.3. The summed E-state index contributed by atoms with van der Waals surface area (Å²) in [4.78, 5) is 62.0. The van der Waals surface area contributed by atoms with Crippen molar-refractivity contribution >= 4 is 30.0 Å². The molecule has 0 spiro atoms. The molecule has 2 aromatic carbocycles. The molecule has 0 fully saturated rings. The lowest BCUT2D eigenvalue weighted by atomic mass is 10.1. The fraction of sp³-hybridized carbons (Fsp3) is 0.370. The molecule has 4 amide bonds. The summed E-state index contributed by atoms with van der Waals surface area (Å²) in [5.74, 6) is -2.79. The van der Waals surface area contributed by atoms with Crippen molar-refractivity contribution in [3.63, 3.8) is 0 Å². The third-order valence-electron chi connectivity index (χ3n) is 4.94. The molecule has 0 heterocycles. The van der Waals surface area contributed by atoms with E-state index >= 15 is 0 Å². The first kappa shape index (κ1) is 31.6. The van der Waals surface area contributed by atoms with E-state index in [0.29, 0.717) is 11.1 Å². The van der Waals surface area contributed by atoms with Gasteiger partial charge in [-0.3, -0.25) is 19.8 Å². The van der Waals surface area contributed by atoms with Gasteiger partial charge in [-0.25, -0.2) is 15.0 Å². The maximum Gasteiger partial charge on any atom is 0.426 e. The van der Waals surface area contributed by atoms with Gasteiger partial charge in [0.15, 0.2) is 0 Å². The van der Waals surface area contributed by atoms with E-state index in [1.54, 1.807) is 81.4 Å². The second-order valence-electron chi connectivity index (χ2n) is 9.47. The third kappa shape index (κ3) is 12.3. The summed E-state index contributed by atoms with van der Waals surface area (Å²) in [5, 5.41) is 14.1. The van der Waals surface area contributed by atoms with E-state index in [9.17, 15) is 29.1 Å². The molecule has 216 valence electrons. The zero-order chi connectivity index (χ0) is 29.5. The fourth-order valence-electron chi connectivity index (χ4n) is 3.05. The maximum absolute atomic E-state index is 13.0. The van der Waals surface area contributed by atoms with Crippen LogP contribution in [0.3, 0.4) is 0 Å². The predicted octanol–water partition coefficient (Wildman–Crippen LogP) is 1.45. The molecule has 2 aromatic rings. The minimum absolute atomic E-state index is 0.0650. The first-order valence-corrected chi connectivity index (χ1v) is 12.3. The molecule has 2 atom stereocenters. The van der Waals surface area contributed by atoms with Crippen LogP contribution in [0.1, 0.15) is 38.3 Å². The van der Waals surface area contributed by atoms with E-state index in [4.69, 9.17) is 14.2 Å². The van der Waals surface area contributed by atoms with Gasteiger partial charge in [-0.15, -0.1) is 0 Å². The summed E-state index contributed by atoms with van der Waals surface area (Å²) < 4.78 is 15.3. The fourth-order valence-corrected chi connectivity index (χ4v) is 3.05. The Morgan fingerprint density at radius 1 is 0.725 bits per heavy atom. The number of carbonyl (C=O) groups excluding carboxylic acids is 5. The van der Waals surface area contributed by atoms with E-state index in [0.717, 1.165) is 0 Å². The molecular weight excluding hydrogens is 524 g/mol. The van der Waals surface area contributed by atoms with Gasteiger partial charge in [0.05, 0.1) is 13.0 Å². The third-order valence-corrected chi connectivity index (χ3v) is 4.94. The van der Waals surface area contributed by atoms with Gasteiger partial charge in [-0.1, -0.05) is 60.7 Å². The average Bonchev–Trinajstić information content (AvgIpc) is 2.92.